The van der Waals surface area contributed by atoms with Crippen LogP contribution in [-0.4, -0.2) is 0 Å². The predicted molar refractivity (Wildman–Crippen MR) is 74.2 cm³/mol. The molecule has 0 aromatic heterocycles. The van der Waals surface area contributed by atoms with Crippen molar-refractivity contribution in [3.63, 3.8) is 0 Å². The third-order valence-corrected chi connectivity index (χ3v) is 4.50. The Hall–Kier alpha value is -1.04. The number of benzene rings is 1. The van der Waals surface area contributed by atoms with Crippen LogP contribution >= 0.6 is 0 Å². The van der Waals surface area contributed by atoms with E-state index in [4.69, 9.17) is 0 Å². The normalized spacial score (nSPS) is 20.9. The molecule has 0 bridgehead atoms. The molecule has 1 saturated carbocycles. The Morgan fingerprint density at radius 3 is 2.53 bits per heavy atom. The molecule has 0 spiro atoms. The van der Waals surface area contributed by atoms with Crippen molar-refractivity contribution in [1.29, 1.82) is 0 Å². The molecule has 0 aliphatic heterocycles. The monoisotopic (exact) mass is 226 g/mol. The second-order valence-corrected chi connectivity index (χ2v) is 5.66. The Morgan fingerprint density at radius 1 is 1.00 bits per heavy atom. The van der Waals surface area contributed by atoms with Crippen LogP contribution < -0.4 is 0 Å². The fourth-order valence-corrected chi connectivity index (χ4v) is 3.57. The Balaban J connectivity index is 1.97. The summed E-state index contributed by atoms with van der Waals surface area (Å²) in [5, 5.41) is 0. The molecule has 0 N–H and O–H groups in total. The van der Waals surface area contributed by atoms with Crippen molar-refractivity contribution < 1.29 is 0 Å². The van der Waals surface area contributed by atoms with E-state index in [1.807, 2.05) is 0 Å². The summed E-state index contributed by atoms with van der Waals surface area (Å²) in [6.07, 6.45) is 12.1. The first kappa shape index (κ1) is 11.1. The van der Waals surface area contributed by atoms with Crippen LogP contribution in [0.15, 0.2) is 24.3 Å². The molecule has 0 heteroatoms. The Labute approximate surface area is 105 Å². The number of fused-ring (bicyclic) bond motifs is 1. The minimum atomic E-state index is 0.828. The fraction of sp³-hybridized carbons (Fsp3) is 0.529. The van der Waals surface area contributed by atoms with E-state index in [0.717, 1.165) is 12.3 Å². The highest BCUT2D eigenvalue weighted by molar-refractivity contribution is 5.74. The van der Waals surface area contributed by atoms with Gasteiger partial charge in [-0.05, 0) is 54.4 Å². The van der Waals surface area contributed by atoms with Crippen molar-refractivity contribution in [2.24, 2.45) is 0 Å². The van der Waals surface area contributed by atoms with Gasteiger partial charge >= 0.3 is 0 Å². The molecule has 0 nitrogen and oxygen atoms in total. The molecule has 0 saturated heterocycles. The summed E-state index contributed by atoms with van der Waals surface area (Å²) in [6.45, 7) is 2.28. The molecule has 2 aliphatic carbocycles. The molecular formula is C17H22. The van der Waals surface area contributed by atoms with Crippen molar-refractivity contribution in [1.82, 2.24) is 0 Å². The van der Waals surface area contributed by atoms with Gasteiger partial charge in [0.15, 0.2) is 0 Å². The number of hydrogen-bond acceptors (Lipinski definition) is 0. The average molecular weight is 226 g/mol. The van der Waals surface area contributed by atoms with E-state index in [1.54, 1.807) is 16.7 Å². The highest BCUT2D eigenvalue weighted by Gasteiger charge is 2.21. The molecule has 0 heterocycles. The highest BCUT2D eigenvalue weighted by Crippen LogP contribution is 2.39. The first-order valence-corrected chi connectivity index (χ1v) is 7.15. The molecule has 2 aliphatic rings. The molecule has 1 aromatic carbocycles. The van der Waals surface area contributed by atoms with Crippen molar-refractivity contribution in [3.8, 4) is 0 Å². The third kappa shape index (κ3) is 2.06. The van der Waals surface area contributed by atoms with Crippen LogP contribution in [0.25, 0.3) is 5.57 Å². The van der Waals surface area contributed by atoms with Crippen molar-refractivity contribution in [3.05, 3.63) is 41.0 Å². The van der Waals surface area contributed by atoms with E-state index < -0.39 is 0 Å². The quantitative estimate of drug-likeness (QED) is 0.585. The second-order valence-electron chi connectivity index (χ2n) is 5.66. The maximum absolute atomic E-state index is 2.39. The summed E-state index contributed by atoms with van der Waals surface area (Å²) < 4.78 is 0. The molecule has 0 unspecified atom stereocenters. The number of hydrogen-bond donors (Lipinski definition) is 0. The number of allylic oxidation sites excluding steroid dienone is 2. The van der Waals surface area contributed by atoms with E-state index >= 15 is 0 Å². The van der Waals surface area contributed by atoms with E-state index in [1.165, 1.54) is 44.1 Å². The van der Waals surface area contributed by atoms with Crippen LogP contribution in [0.3, 0.4) is 0 Å². The summed E-state index contributed by atoms with van der Waals surface area (Å²) in [4.78, 5) is 0. The van der Waals surface area contributed by atoms with E-state index in [-0.39, 0.29) is 0 Å². The van der Waals surface area contributed by atoms with Gasteiger partial charge in [0, 0.05) is 0 Å². The Kier molecular flexibility index (Phi) is 3.05. The topological polar surface area (TPSA) is 0 Å². The van der Waals surface area contributed by atoms with Gasteiger partial charge < -0.3 is 0 Å². The van der Waals surface area contributed by atoms with Crippen LogP contribution in [0.5, 0.6) is 0 Å². The van der Waals surface area contributed by atoms with Gasteiger partial charge in [-0.1, -0.05) is 50.0 Å². The zero-order valence-electron chi connectivity index (χ0n) is 10.8. The first-order chi connectivity index (χ1) is 8.36. The third-order valence-electron chi connectivity index (χ3n) is 4.50. The van der Waals surface area contributed by atoms with Gasteiger partial charge in [-0.15, -0.1) is 0 Å². The maximum Gasteiger partial charge on any atom is -0.00854 e. The van der Waals surface area contributed by atoms with E-state index in [2.05, 4.69) is 31.2 Å². The Bertz CT molecular complexity index is 431. The van der Waals surface area contributed by atoms with E-state index in [0.29, 0.717) is 0 Å². The minimum absolute atomic E-state index is 0.828. The average Bonchev–Trinajstić information content (AvgIpc) is 2.59. The molecule has 0 radical (unpaired) electrons. The standard InChI is InChI=1S/C17H22/c1-13-11-12-15-9-6-10-16(17(13)15)14-7-4-2-3-5-8-14/h6,9-11,14H,2-5,7-8,12H2,1H3. The molecule has 3 rings (SSSR count). The molecule has 0 amide bonds. The van der Waals surface area contributed by atoms with Crippen LogP contribution in [0, 0.1) is 0 Å². The maximum atomic E-state index is 2.39. The second kappa shape index (κ2) is 4.68. The molecule has 90 valence electrons. The predicted octanol–water partition coefficient (Wildman–Crippen LogP) is 5.08. The molecule has 1 aromatic rings. The Morgan fingerprint density at radius 2 is 1.76 bits per heavy atom. The SMILES string of the molecule is CC1=CCc2cccc(C3CCCCCC3)c21. The van der Waals surface area contributed by atoms with Gasteiger partial charge in [-0.3, -0.25) is 0 Å². The molecule has 17 heavy (non-hydrogen) atoms. The van der Waals surface area contributed by atoms with E-state index in [9.17, 15) is 0 Å². The van der Waals surface area contributed by atoms with Gasteiger partial charge in [-0.25, -0.2) is 0 Å². The summed E-state index contributed by atoms with van der Waals surface area (Å²) in [6, 6.07) is 6.96. The zero-order valence-corrected chi connectivity index (χ0v) is 10.8. The summed E-state index contributed by atoms with van der Waals surface area (Å²) in [5.74, 6) is 0.828. The van der Waals surface area contributed by atoms with Crippen LogP contribution in [0.1, 0.15) is 68.1 Å². The molecule has 1 fully saturated rings. The zero-order chi connectivity index (χ0) is 11.7. The van der Waals surface area contributed by atoms with Crippen molar-refractivity contribution in [2.45, 2.75) is 57.8 Å². The lowest BCUT2D eigenvalue weighted by atomic mass is 9.86. The molecular weight excluding hydrogens is 204 g/mol. The number of rotatable bonds is 1. The first-order valence-electron chi connectivity index (χ1n) is 7.15. The minimum Gasteiger partial charge on any atom is -0.0766 e. The van der Waals surface area contributed by atoms with Crippen LogP contribution in [-0.2, 0) is 6.42 Å². The fourth-order valence-electron chi connectivity index (χ4n) is 3.57. The van der Waals surface area contributed by atoms with Crippen LogP contribution in [0.2, 0.25) is 0 Å². The van der Waals surface area contributed by atoms with Gasteiger partial charge in [-0.2, -0.15) is 0 Å². The summed E-state index contributed by atoms with van der Waals surface area (Å²) in [7, 11) is 0. The van der Waals surface area contributed by atoms with Crippen LogP contribution in [0.4, 0.5) is 0 Å². The largest absolute Gasteiger partial charge is 0.0766 e. The highest BCUT2D eigenvalue weighted by atomic mass is 14.3. The lowest BCUT2D eigenvalue weighted by molar-refractivity contribution is 0.591. The van der Waals surface area contributed by atoms with Gasteiger partial charge in [0.2, 0.25) is 0 Å². The van der Waals surface area contributed by atoms with Gasteiger partial charge in [0.25, 0.3) is 0 Å². The van der Waals surface area contributed by atoms with Gasteiger partial charge in [0.05, 0.1) is 0 Å². The summed E-state index contributed by atoms with van der Waals surface area (Å²) >= 11 is 0. The van der Waals surface area contributed by atoms with Gasteiger partial charge in [0.1, 0.15) is 0 Å². The summed E-state index contributed by atoms with van der Waals surface area (Å²) in [5.41, 5.74) is 6.32. The van der Waals surface area contributed by atoms with Crippen molar-refractivity contribution >= 4 is 5.57 Å². The lowest BCUT2D eigenvalue weighted by Crippen LogP contribution is -2.02. The smallest absolute Gasteiger partial charge is 0.00854 e. The van der Waals surface area contributed by atoms with Crippen molar-refractivity contribution in [2.75, 3.05) is 0 Å². The lowest BCUT2D eigenvalue weighted by Gasteiger charge is -2.19. The molecule has 0 atom stereocenters.